The van der Waals surface area contributed by atoms with Crippen LogP contribution in [0, 0.1) is 5.41 Å². The Hall–Kier alpha value is -2.11. The Labute approximate surface area is 106 Å². The van der Waals surface area contributed by atoms with Gasteiger partial charge in [-0.15, -0.1) is 0 Å². The molecular formula is C12H14BN2O3. The molecule has 0 fully saturated rings. The summed E-state index contributed by atoms with van der Waals surface area (Å²) >= 11 is 0. The summed E-state index contributed by atoms with van der Waals surface area (Å²) in [4.78, 5) is 14.6. The summed E-state index contributed by atoms with van der Waals surface area (Å²) in [6.45, 7) is 0. The molecule has 0 aromatic heterocycles. The minimum Gasteiger partial charge on any atom is -0.534 e. The number of benzene rings is 1. The normalized spacial score (nSPS) is 10.8. The summed E-state index contributed by atoms with van der Waals surface area (Å²) in [6.07, 6.45) is 1.95. The maximum absolute atomic E-state index is 10.5. The monoisotopic (exact) mass is 245 g/mol. The molecule has 0 aliphatic heterocycles. The van der Waals surface area contributed by atoms with Crippen molar-refractivity contribution < 1.29 is 14.6 Å². The molecule has 0 amide bonds. The van der Waals surface area contributed by atoms with Crippen molar-refractivity contribution in [1.29, 1.82) is 5.41 Å². The molecule has 18 heavy (non-hydrogen) atoms. The van der Waals surface area contributed by atoms with E-state index in [0.717, 1.165) is 17.7 Å². The minimum atomic E-state index is -0.817. The first kappa shape index (κ1) is 14.0. The highest BCUT2D eigenvalue weighted by atomic mass is 16.4. The molecule has 0 heterocycles. The summed E-state index contributed by atoms with van der Waals surface area (Å²) in [5.41, 5.74) is 1.67. The standard InChI is InChI=1S/C12H14BN2O3/c14-9-18-13-15-11(7-4-8-12(16)17)10-5-2-1-3-6-10/h1-3,5-6,9,14H,4,7-8H2,(H,16,17). The Morgan fingerprint density at radius 2 is 2.11 bits per heavy atom. The highest BCUT2D eigenvalue weighted by Gasteiger charge is 2.05. The number of carboxylic acid groups (broad SMARTS) is 1. The Bertz CT molecular complexity index is 421. The van der Waals surface area contributed by atoms with Gasteiger partial charge in [0, 0.05) is 12.1 Å². The zero-order chi connectivity index (χ0) is 13.2. The number of nitrogens with zero attached hydrogens (tertiary/aromatic N) is 1. The molecule has 0 aliphatic carbocycles. The molecule has 0 saturated carbocycles. The van der Waals surface area contributed by atoms with Crippen LogP contribution in [0.3, 0.4) is 0 Å². The van der Waals surface area contributed by atoms with Gasteiger partial charge in [-0.05, 0) is 18.4 Å². The fraction of sp³-hybridized carbons (Fsp3) is 0.250. The van der Waals surface area contributed by atoms with Crippen molar-refractivity contribution in [3.63, 3.8) is 0 Å². The van der Waals surface area contributed by atoms with Gasteiger partial charge in [0.05, 0.1) is 0 Å². The maximum atomic E-state index is 10.5. The van der Waals surface area contributed by atoms with Gasteiger partial charge in [0.25, 0.3) is 0 Å². The molecule has 0 bridgehead atoms. The second-order valence-electron chi connectivity index (χ2n) is 3.55. The van der Waals surface area contributed by atoms with Crippen molar-refractivity contribution in [2.24, 2.45) is 4.90 Å². The zero-order valence-electron chi connectivity index (χ0n) is 9.87. The molecule has 0 unspecified atom stereocenters. The highest BCUT2D eigenvalue weighted by molar-refractivity contribution is 6.31. The highest BCUT2D eigenvalue weighted by Crippen LogP contribution is 2.08. The van der Waals surface area contributed by atoms with Crippen LogP contribution in [0.25, 0.3) is 0 Å². The lowest BCUT2D eigenvalue weighted by Gasteiger charge is -2.05. The first-order valence-corrected chi connectivity index (χ1v) is 5.54. The van der Waals surface area contributed by atoms with E-state index in [1.165, 1.54) is 7.62 Å². The lowest BCUT2D eigenvalue weighted by Crippen LogP contribution is -2.06. The lowest BCUT2D eigenvalue weighted by molar-refractivity contribution is -0.137. The summed E-state index contributed by atoms with van der Waals surface area (Å²) < 4.78 is 4.63. The van der Waals surface area contributed by atoms with E-state index in [4.69, 9.17) is 10.5 Å². The Kier molecular flexibility index (Phi) is 6.25. The van der Waals surface area contributed by atoms with Gasteiger partial charge in [-0.2, -0.15) is 0 Å². The number of aliphatic carboxylic acids is 1. The molecule has 0 aliphatic rings. The number of carbonyl (C=O) groups is 1. The third-order valence-corrected chi connectivity index (χ3v) is 2.25. The molecule has 0 spiro atoms. The van der Waals surface area contributed by atoms with Gasteiger partial charge >= 0.3 is 13.6 Å². The van der Waals surface area contributed by atoms with Crippen molar-refractivity contribution in [2.75, 3.05) is 0 Å². The van der Waals surface area contributed by atoms with Crippen LogP contribution in [-0.4, -0.2) is 30.8 Å². The molecule has 1 aromatic rings. The van der Waals surface area contributed by atoms with Crippen molar-refractivity contribution >= 4 is 25.7 Å². The molecule has 1 radical (unpaired) electrons. The third-order valence-electron chi connectivity index (χ3n) is 2.25. The topological polar surface area (TPSA) is 82.7 Å². The largest absolute Gasteiger partial charge is 0.542 e. The molecule has 2 N–H and O–H groups in total. The Morgan fingerprint density at radius 3 is 2.72 bits per heavy atom. The molecule has 1 rings (SSSR count). The van der Waals surface area contributed by atoms with Crippen LogP contribution >= 0.6 is 0 Å². The predicted octanol–water partition coefficient (Wildman–Crippen LogP) is 1.89. The third kappa shape index (κ3) is 5.29. The van der Waals surface area contributed by atoms with E-state index in [9.17, 15) is 4.79 Å². The number of nitrogens with one attached hydrogen (secondary N) is 1. The SMILES string of the molecule is N=CO[B]N=C(CCCC(=O)O)c1ccccc1. The van der Waals surface area contributed by atoms with E-state index in [2.05, 4.69) is 9.56 Å². The smallest absolute Gasteiger partial charge is 0.534 e. The molecule has 0 saturated heterocycles. The van der Waals surface area contributed by atoms with Crippen LogP contribution in [0.1, 0.15) is 24.8 Å². The van der Waals surface area contributed by atoms with Gasteiger partial charge in [0.2, 0.25) is 0 Å². The second kappa shape index (κ2) is 8.05. The Balaban J connectivity index is 2.66. The average Bonchev–Trinajstić information content (AvgIpc) is 2.38. The number of hydrogen-bond donors (Lipinski definition) is 2. The average molecular weight is 245 g/mol. The van der Waals surface area contributed by atoms with Crippen LogP contribution < -0.4 is 0 Å². The van der Waals surface area contributed by atoms with Crippen LogP contribution in [0.4, 0.5) is 0 Å². The van der Waals surface area contributed by atoms with Gasteiger partial charge in [0.15, 0.2) is 0 Å². The molecule has 5 nitrogen and oxygen atoms in total. The molecule has 6 heteroatoms. The van der Waals surface area contributed by atoms with Crippen LogP contribution in [0.2, 0.25) is 0 Å². The fourth-order valence-electron chi connectivity index (χ4n) is 1.45. The quantitative estimate of drug-likeness (QED) is 0.317. The fourth-order valence-corrected chi connectivity index (χ4v) is 1.45. The second-order valence-corrected chi connectivity index (χ2v) is 3.55. The lowest BCUT2D eigenvalue weighted by atomic mass is 10.0. The van der Waals surface area contributed by atoms with Crippen molar-refractivity contribution in [3.8, 4) is 0 Å². The van der Waals surface area contributed by atoms with E-state index < -0.39 is 5.97 Å². The van der Waals surface area contributed by atoms with Crippen LogP contribution in [-0.2, 0) is 9.45 Å². The molecule has 93 valence electrons. The van der Waals surface area contributed by atoms with Crippen LogP contribution in [0.5, 0.6) is 0 Å². The van der Waals surface area contributed by atoms with Gasteiger partial charge < -0.3 is 14.7 Å². The van der Waals surface area contributed by atoms with E-state index in [0.29, 0.717) is 12.8 Å². The van der Waals surface area contributed by atoms with Crippen molar-refractivity contribution in [1.82, 2.24) is 0 Å². The number of hydrogen-bond acceptors (Lipinski definition) is 4. The van der Waals surface area contributed by atoms with E-state index >= 15 is 0 Å². The number of rotatable bonds is 8. The Morgan fingerprint density at radius 1 is 1.39 bits per heavy atom. The predicted molar refractivity (Wildman–Crippen MR) is 70.1 cm³/mol. The van der Waals surface area contributed by atoms with Gasteiger partial charge in [-0.25, -0.2) is 0 Å². The first-order valence-electron chi connectivity index (χ1n) is 5.54. The van der Waals surface area contributed by atoms with Gasteiger partial charge in [-0.1, -0.05) is 30.3 Å². The van der Waals surface area contributed by atoms with E-state index in [-0.39, 0.29) is 6.42 Å². The van der Waals surface area contributed by atoms with E-state index in [1.54, 1.807) is 0 Å². The van der Waals surface area contributed by atoms with Gasteiger partial charge in [0.1, 0.15) is 6.40 Å². The zero-order valence-corrected chi connectivity index (χ0v) is 9.87. The molecule has 0 atom stereocenters. The molecule has 1 aromatic carbocycles. The minimum absolute atomic E-state index is 0.108. The summed E-state index contributed by atoms with van der Waals surface area (Å²) in [6, 6.07) is 9.48. The van der Waals surface area contributed by atoms with Crippen molar-refractivity contribution in [2.45, 2.75) is 19.3 Å². The maximum Gasteiger partial charge on any atom is 0.542 e. The van der Waals surface area contributed by atoms with Crippen LogP contribution in [0.15, 0.2) is 35.2 Å². The summed E-state index contributed by atoms with van der Waals surface area (Å²) in [5.74, 6) is -0.817. The summed E-state index contributed by atoms with van der Waals surface area (Å²) in [5, 5.41) is 15.3. The number of carboxylic acids is 1. The summed E-state index contributed by atoms with van der Waals surface area (Å²) in [7, 11) is 1.18. The molecular weight excluding hydrogens is 231 g/mol. The first-order chi connectivity index (χ1) is 8.74. The van der Waals surface area contributed by atoms with Crippen molar-refractivity contribution in [3.05, 3.63) is 35.9 Å². The van der Waals surface area contributed by atoms with Gasteiger partial charge in [-0.3, -0.25) is 10.2 Å². The van der Waals surface area contributed by atoms with E-state index in [1.807, 2.05) is 30.3 Å².